The van der Waals surface area contributed by atoms with Crippen LogP contribution in [0.2, 0.25) is 0 Å². The summed E-state index contributed by atoms with van der Waals surface area (Å²) in [5.41, 5.74) is -0.959. The molecule has 4 heteroatoms. The molecular weight excluding hydrogens is 196 g/mol. The van der Waals surface area contributed by atoms with E-state index in [1.165, 1.54) is 7.11 Å². The monoisotopic (exact) mass is 210 g/mol. The summed E-state index contributed by atoms with van der Waals surface area (Å²) in [4.78, 5) is 34.5. The van der Waals surface area contributed by atoms with Gasteiger partial charge in [-0.15, -0.1) is 0 Å². The Labute approximate surface area is 88.0 Å². The number of carbonyl (C=O) groups excluding carboxylic acids is 3. The lowest BCUT2D eigenvalue weighted by Gasteiger charge is -2.10. The fraction of sp³-hybridized carbons (Fsp3) is 0.727. The van der Waals surface area contributed by atoms with Crippen molar-refractivity contribution in [1.82, 2.24) is 0 Å². The molecule has 0 amide bonds. The average molecular weight is 210 g/mol. The molecule has 2 fully saturated rings. The minimum Gasteiger partial charge on any atom is -0.468 e. The van der Waals surface area contributed by atoms with Gasteiger partial charge >= 0.3 is 5.97 Å². The number of carbonyl (C=O) groups is 3. The highest BCUT2D eigenvalue weighted by molar-refractivity contribution is 6.13. The van der Waals surface area contributed by atoms with Crippen molar-refractivity contribution in [3.63, 3.8) is 0 Å². The van der Waals surface area contributed by atoms with Crippen LogP contribution in [0, 0.1) is 11.3 Å². The lowest BCUT2D eigenvalue weighted by Crippen LogP contribution is -2.29. The van der Waals surface area contributed by atoms with Crippen molar-refractivity contribution in [3.05, 3.63) is 0 Å². The van der Waals surface area contributed by atoms with Gasteiger partial charge in [0.05, 0.1) is 13.5 Å². The van der Waals surface area contributed by atoms with Gasteiger partial charge in [0.25, 0.3) is 0 Å². The summed E-state index contributed by atoms with van der Waals surface area (Å²) in [7, 11) is 1.28. The van der Waals surface area contributed by atoms with Crippen LogP contribution < -0.4 is 0 Å². The molecular formula is C11H14O4. The Morgan fingerprint density at radius 3 is 2.27 bits per heavy atom. The smallest absolute Gasteiger partial charge is 0.319 e. The van der Waals surface area contributed by atoms with E-state index in [-0.39, 0.29) is 23.9 Å². The summed E-state index contributed by atoms with van der Waals surface area (Å²) in [6, 6.07) is 0. The molecule has 15 heavy (non-hydrogen) atoms. The standard InChI is InChI=1S/C11H14O4/c1-15-10(14)11(4-5-11)9(13)6-8(12)7-2-3-7/h7H,2-6H2,1H3. The number of hydrogen-bond acceptors (Lipinski definition) is 4. The SMILES string of the molecule is COC(=O)C1(C(=O)CC(=O)C2CC2)CC1. The number of methoxy groups -OCH3 is 1. The third-order valence-electron chi connectivity index (χ3n) is 3.23. The largest absolute Gasteiger partial charge is 0.468 e. The van der Waals surface area contributed by atoms with Gasteiger partial charge in [-0.25, -0.2) is 0 Å². The van der Waals surface area contributed by atoms with Crippen molar-refractivity contribution in [2.45, 2.75) is 32.1 Å². The molecule has 82 valence electrons. The van der Waals surface area contributed by atoms with E-state index in [0.29, 0.717) is 12.8 Å². The summed E-state index contributed by atoms with van der Waals surface area (Å²) in [5.74, 6) is -0.639. The number of hydrogen-bond donors (Lipinski definition) is 0. The number of ketones is 2. The fourth-order valence-corrected chi connectivity index (χ4v) is 1.79. The highest BCUT2D eigenvalue weighted by Gasteiger charge is 2.57. The summed E-state index contributed by atoms with van der Waals surface area (Å²) < 4.78 is 4.59. The van der Waals surface area contributed by atoms with Crippen LogP contribution in [0.15, 0.2) is 0 Å². The Hall–Kier alpha value is -1.19. The van der Waals surface area contributed by atoms with Crippen LogP contribution in [0.5, 0.6) is 0 Å². The summed E-state index contributed by atoms with van der Waals surface area (Å²) in [5, 5.41) is 0. The predicted molar refractivity (Wildman–Crippen MR) is 51.0 cm³/mol. The summed E-state index contributed by atoms with van der Waals surface area (Å²) in [6.45, 7) is 0. The van der Waals surface area contributed by atoms with E-state index in [4.69, 9.17) is 0 Å². The van der Waals surface area contributed by atoms with Crippen LogP contribution in [0.25, 0.3) is 0 Å². The van der Waals surface area contributed by atoms with E-state index >= 15 is 0 Å². The van der Waals surface area contributed by atoms with Gasteiger partial charge in [0.1, 0.15) is 11.2 Å². The van der Waals surface area contributed by atoms with Gasteiger partial charge in [0, 0.05) is 5.92 Å². The molecule has 0 unspecified atom stereocenters. The molecule has 2 aliphatic carbocycles. The summed E-state index contributed by atoms with van der Waals surface area (Å²) >= 11 is 0. The lowest BCUT2D eigenvalue weighted by molar-refractivity contribution is -0.151. The van der Waals surface area contributed by atoms with Gasteiger partial charge in [-0.05, 0) is 25.7 Å². The van der Waals surface area contributed by atoms with Crippen LogP contribution in [0.3, 0.4) is 0 Å². The average Bonchev–Trinajstić information content (AvgIpc) is 3.04. The molecule has 0 saturated heterocycles. The van der Waals surface area contributed by atoms with Crippen LogP contribution in [0.1, 0.15) is 32.1 Å². The first-order chi connectivity index (χ1) is 7.10. The van der Waals surface area contributed by atoms with Gasteiger partial charge in [0.2, 0.25) is 0 Å². The molecule has 2 saturated carbocycles. The minimum absolute atomic E-state index is 0.00446. The molecule has 2 aliphatic rings. The third-order valence-corrected chi connectivity index (χ3v) is 3.23. The van der Waals surface area contributed by atoms with Crippen molar-refractivity contribution < 1.29 is 19.1 Å². The predicted octanol–water partition coefficient (Wildman–Crippen LogP) is 0.878. The molecule has 0 atom stereocenters. The maximum Gasteiger partial charge on any atom is 0.319 e. The maximum atomic E-state index is 11.7. The third kappa shape index (κ3) is 1.80. The van der Waals surface area contributed by atoms with Gasteiger partial charge in [0.15, 0.2) is 5.78 Å². The maximum absolute atomic E-state index is 11.7. The molecule has 0 aromatic heterocycles. The van der Waals surface area contributed by atoms with E-state index in [1.807, 2.05) is 0 Å². The van der Waals surface area contributed by atoms with Gasteiger partial charge in [-0.3, -0.25) is 14.4 Å². The quantitative estimate of drug-likeness (QED) is 0.499. The van der Waals surface area contributed by atoms with Crippen molar-refractivity contribution in [2.75, 3.05) is 7.11 Å². The number of esters is 1. The minimum atomic E-state index is -0.959. The molecule has 0 aliphatic heterocycles. The van der Waals surface area contributed by atoms with E-state index in [2.05, 4.69) is 4.74 Å². The second kappa shape index (κ2) is 3.43. The first-order valence-corrected chi connectivity index (χ1v) is 5.24. The molecule has 0 N–H and O–H groups in total. The zero-order chi connectivity index (χ0) is 11.1. The highest BCUT2D eigenvalue weighted by Crippen LogP contribution is 2.48. The molecule has 0 aromatic carbocycles. The van der Waals surface area contributed by atoms with E-state index in [9.17, 15) is 14.4 Å². The van der Waals surface area contributed by atoms with Gasteiger partial charge < -0.3 is 4.74 Å². The van der Waals surface area contributed by atoms with E-state index in [1.54, 1.807) is 0 Å². The van der Waals surface area contributed by atoms with Crippen molar-refractivity contribution in [1.29, 1.82) is 0 Å². The Kier molecular flexibility index (Phi) is 2.37. The normalized spacial score (nSPS) is 21.9. The molecule has 0 spiro atoms. The number of rotatable bonds is 5. The molecule has 4 nitrogen and oxygen atoms in total. The fourth-order valence-electron chi connectivity index (χ4n) is 1.79. The van der Waals surface area contributed by atoms with E-state index < -0.39 is 11.4 Å². The second-order valence-corrected chi connectivity index (χ2v) is 4.41. The second-order valence-electron chi connectivity index (χ2n) is 4.41. The highest BCUT2D eigenvalue weighted by atomic mass is 16.5. The van der Waals surface area contributed by atoms with Gasteiger partial charge in [-0.1, -0.05) is 0 Å². The van der Waals surface area contributed by atoms with Crippen molar-refractivity contribution >= 4 is 17.5 Å². The Morgan fingerprint density at radius 2 is 1.87 bits per heavy atom. The van der Waals surface area contributed by atoms with Crippen molar-refractivity contribution in [2.24, 2.45) is 11.3 Å². The Morgan fingerprint density at radius 1 is 1.27 bits per heavy atom. The Balaban J connectivity index is 1.95. The van der Waals surface area contributed by atoms with Gasteiger partial charge in [-0.2, -0.15) is 0 Å². The van der Waals surface area contributed by atoms with Crippen molar-refractivity contribution in [3.8, 4) is 0 Å². The Bertz CT molecular complexity index is 323. The number of Topliss-reactive ketones (excluding diaryl/α,β-unsaturated/α-hetero) is 2. The molecule has 2 rings (SSSR count). The first-order valence-electron chi connectivity index (χ1n) is 5.24. The molecule has 0 bridgehead atoms. The molecule has 0 heterocycles. The van der Waals surface area contributed by atoms with E-state index in [0.717, 1.165) is 12.8 Å². The topological polar surface area (TPSA) is 60.4 Å². The van der Waals surface area contributed by atoms with Crippen LogP contribution in [-0.4, -0.2) is 24.6 Å². The zero-order valence-corrected chi connectivity index (χ0v) is 8.75. The van der Waals surface area contributed by atoms with Crippen LogP contribution >= 0.6 is 0 Å². The molecule has 0 aromatic rings. The van der Waals surface area contributed by atoms with Crippen LogP contribution in [0.4, 0.5) is 0 Å². The molecule has 0 radical (unpaired) electrons. The number of ether oxygens (including phenoxy) is 1. The first kappa shape index (κ1) is 10.3. The lowest BCUT2D eigenvalue weighted by atomic mass is 9.96. The van der Waals surface area contributed by atoms with Crippen LogP contribution in [-0.2, 0) is 19.1 Å². The summed E-state index contributed by atoms with van der Waals surface area (Å²) in [6.07, 6.45) is 2.79. The zero-order valence-electron chi connectivity index (χ0n) is 8.75.